The first-order valence-electron chi connectivity index (χ1n) is 11.3. The molecule has 3 heterocycles. The molecule has 1 aliphatic heterocycles. The summed E-state index contributed by atoms with van der Waals surface area (Å²) >= 11 is 0. The Hall–Kier alpha value is -3.41. The van der Waals surface area contributed by atoms with E-state index in [1.54, 1.807) is 12.5 Å². The van der Waals surface area contributed by atoms with Gasteiger partial charge in [0.15, 0.2) is 0 Å². The first-order valence-corrected chi connectivity index (χ1v) is 11.3. The Morgan fingerprint density at radius 3 is 2.56 bits per heavy atom. The highest BCUT2D eigenvalue weighted by molar-refractivity contribution is 5.94. The monoisotopic (exact) mass is 429 g/mol. The maximum absolute atomic E-state index is 12.9. The van der Waals surface area contributed by atoms with Crippen LogP contribution in [0.25, 0.3) is 11.3 Å². The summed E-state index contributed by atoms with van der Waals surface area (Å²) in [5.41, 5.74) is 2.71. The molecule has 0 bridgehead atoms. The van der Waals surface area contributed by atoms with Crippen LogP contribution in [0.5, 0.6) is 0 Å². The van der Waals surface area contributed by atoms with Crippen molar-refractivity contribution in [3.8, 4) is 11.3 Å². The Kier molecular flexibility index (Phi) is 5.52. The van der Waals surface area contributed by atoms with E-state index < -0.39 is 0 Å². The molecule has 2 amide bonds. The van der Waals surface area contributed by atoms with E-state index in [1.165, 1.54) is 0 Å². The van der Waals surface area contributed by atoms with Crippen molar-refractivity contribution >= 4 is 11.8 Å². The van der Waals surface area contributed by atoms with Crippen LogP contribution in [-0.2, 0) is 11.2 Å². The number of nitrogens with zero attached hydrogens (tertiary/aromatic N) is 2. The predicted octanol–water partition coefficient (Wildman–Crippen LogP) is 3.94. The van der Waals surface area contributed by atoms with Crippen LogP contribution in [0.2, 0.25) is 0 Å². The third-order valence-corrected chi connectivity index (χ3v) is 6.90. The van der Waals surface area contributed by atoms with Crippen LogP contribution < -0.4 is 5.32 Å². The maximum atomic E-state index is 12.9. The number of aromatic nitrogens is 1. The lowest BCUT2D eigenvalue weighted by atomic mass is 9.90. The second-order valence-electron chi connectivity index (χ2n) is 8.83. The zero-order valence-electron chi connectivity index (χ0n) is 18.0. The van der Waals surface area contributed by atoms with Gasteiger partial charge in [0.1, 0.15) is 5.76 Å². The SMILES string of the molecule is O=C(NCCc1ccccn1)C1CC12CCN(C(=O)c1ccc(-c3ccco3)cc1)CC2. The Morgan fingerprint density at radius 2 is 1.88 bits per heavy atom. The molecule has 1 saturated heterocycles. The summed E-state index contributed by atoms with van der Waals surface area (Å²) in [6, 6.07) is 17.1. The third kappa shape index (κ3) is 4.17. The molecule has 2 aromatic heterocycles. The topological polar surface area (TPSA) is 75.4 Å². The van der Waals surface area contributed by atoms with Crippen LogP contribution in [-0.4, -0.2) is 41.3 Å². The number of piperidine rings is 1. The van der Waals surface area contributed by atoms with E-state index in [4.69, 9.17) is 4.42 Å². The van der Waals surface area contributed by atoms with Crippen molar-refractivity contribution in [1.29, 1.82) is 0 Å². The molecular formula is C26H27N3O3. The van der Waals surface area contributed by atoms with Crippen LogP contribution in [0.15, 0.2) is 71.5 Å². The van der Waals surface area contributed by atoms with Gasteiger partial charge < -0.3 is 14.6 Å². The molecule has 1 atom stereocenters. The van der Waals surface area contributed by atoms with Gasteiger partial charge in [0.25, 0.3) is 5.91 Å². The lowest BCUT2D eigenvalue weighted by Crippen LogP contribution is -2.40. The number of carbonyl (C=O) groups excluding carboxylic acids is 2. The van der Waals surface area contributed by atoms with Crippen molar-refractivity contribution in [2.24, 2.45) is 11.3 Å². The summed E-state index contributed by atoms with van der Waals surface area (Å²) in [6.07, 6.45) is 6.87. The van der Waals surface area contributed by atoms with Crippen molar-refractivity contribution < 1.29 is 14.0 Å². The van der Waals surface area contributed by atoms with Crippen LogP contribution in [0.1, 0.15) is 35.3 Å². The average Bonchev–Trinajstić information content (AvgIpc) is 3.26. The van der Waals surface area contributed by atoms with E-state index in [0.29, 0.717) is 25.2 Å². The van der Waals surface area contributed by atoms with Crippen LogP contribution in [0.4, 0.5) is 0 Å². The van der Waals surface area contributed by atoms with E-state index in [-0.39, 0.29) is 23.1 Å². The second-order valence-corrected chi connectivity index (χ2v) is 8.83. The van der Waals surface area contributed by atoms with Crippen molar-refractivity contribution in [3.05, 3.63) is 78.3 Å². The maximum Gasteiger partial charge on any atom is 0.253 e. The summed E-state index contributed by atoms with van der Waals surface area (Å²) in [5.74, 6) is 1.08. The molecule has 1 N–H and O–H groups in total. The molecule has 3 aromatic rings. The van der Waals surface area contributed by atoms with Crippen molar-refractivity contribution in [1.82, 2.24) is 15.2 Å². The molecule has 1 aromatic carbocycles. The number of hydrogen-bond acceptors (Lipinski definition) is 4. The van der Waals surface area contributed by atoms with Crippen molar-refractivity contribution in [3.63, 3.8) is 0 Å². The molecule has 6 nitrogen and oxygen atoms in total. The molecule has 6 heteroatoms. The quantitative estimate of drug-likeness (QED) is 0.644. The van der Waals surface area contributed by atoms with Gasteiger partial charge in [-0.15, -0.1) is 0 Å². The van der Waals surface area contributed by atoms with Crippen LogP contribution in [0.3, 0.4) is 0 Å². The second kappa shape index (κ2) is 8.61. The van der Waals surface area contributed by atoms with Crippen molar-refractivity contribution in [2.45, 2.75) is 25.7 Å². The number of pyridine rings is 1. The summed E-state index contributed by atoms with van der Waals surface area (Å²) in [4.78, 5) is 31.8. The van der Waals surface area contributed by atoms with Gasteiger partial charge in [-0.3, -0.25) is 14.6 Å². The van der Waals surface area contributed by atoms with Crippen molar-refractivity contribution in [2.75, 3.05) is 19.6 Å². The zero-order valence-corrected chi connectivity index (χ0v) is 18.0. The van der Waals surface area contributed by atoms with Crippen LogP contribution in [0, 0.1) is 11.3 Å². The number of amides is 2. The molecule has 164 valence electrons. The predicted molar refractivity (Wildman–Crippen MR) is 121 cm³/mol. The fourth-order valence-corrected chi connectivity index (χ4v) is 4.81. The molecule has 0 radical (unpaired) electrons. The lowest BCUT2D eigenvalue weighted by Gasteiger charge is -2.33. The summed E-state index contributed by atoms with van der Waals surface area (Å²) in [5, 5.41) is 3.07. The zero-order chi connectivity index (χ0) is 22.0. The van der Waals surface area contributed by atoms with E-state index in [2.05, 4.69) is 10.3 Å². The van der Waals surface area contributed by atoms with Gasteiger partial charge >= 0.3 is 0 Å². The van der Waals surface area contributed by atoms with Gasteiger partial charge in [-0.05, 0) is 61.1 Å². The number of furan rings is 1. The largest absolute Gasteiger partial charge is 0.464 e. The molecule has 1 aliphatic carbocycles. The average molecular weight is 430 g/mol. The standard InChI is InChI=1S/C26H27N3O3/c30-24(28-14-10-21-4-1-2-13-27-21)22-18-26(22)11-15-29(16-12-26)25(31)20-8-6-19(7-9-20)23-5-3-17-32-23/h1-9,13,17,22H,10-12,14-16,18H2,(H,28,30). The van der Waals surface area contributed by atoms with E-state index in [0.717, 1.165) is 42.7 Å². The summed E-state index contributed by atoms with van der Waals surface area (Å²) < 4.78 is 5.41. The first-order chi connectivity index (χ1) is 15.6. The number of rotatable bonds is 6. The fourth-order valence-electron chi connectivity index (χ4n) is 4.81. The van der Waals surface area contributed by atoms with Gasteiger partial charge in [-0.25, -0.2) is 0 Å². The molecule has 32 heavy (non-hydrogen) atoms. The van der Waals surface area contributed by atoms with Gasteiger partial charge in [0.05, 0.1) is 6.26 Å². The number of carbonyl (C=O) groups is 2. The Morgan fingerprint density at radius 1 is 1.06 bits per heavy atom. The fraction of sp³-hybridized carbons (Fsp3) is 0.346. The molecular weight excluding hydrogens is 402 g/mol. The summed E-state index contributed by atoms with van der Waals surface area (Å²) in [6.45, 7) is 2.02. The van der Waals surface area contributed by atoms with E-state index in [9.17, 15) is 9.59 Å². The Labute approximate surface area is 187 Å². The van der Waals surface area contributed by atoms with Crippen LogP contribution >= 0.6 is 0 Å². The highest BCUT2D eigenvalue weighted by atomic mass is 16.3. The number of likely N-dealkylation sites (tertiary alicyclic amines) is 1. The highest BCUT2D eigenvalue weighted by Gasteiger charge is 2.58. The molecule has 2 aliphatic rings. The smallest absolute Gasteiger partial charge is 0.253 e. The van der Waals surface area contributed by atoms with Gasteiger partial charge in [0.2, 0.25) is 5.91 Å². The minimum Gasteiger partial charge on any atom is -0.464 e. The summed E-state index contributed by atoms with van der Waals surface area (Å²) in [7, 11) is 0. The first kappa shape index (κ1) is 20.5. The molecule has 1 saturated carbocycles. The number of nitrogens with one attached hydrogen (secondary N) is 1. The number of benzene rings is 1. The molecule has 2 fully saturated rings. The van der Waals surface area contributed by atoms with Gasteiger partial charge in [-0.1, -0.05) is 18.2 Å². The van der Waals surface area contributed by atoms with E-state index >= 15 is 0 Å². The van der Waals surface area contributed by atoms with Gasteiger partial charge in [-0.2, -0.15) is 0 Å². The number of hydrogen-bond donors (Lipinski definition) is 1. The molecule has 1 spiro atoms. The van der Waals surface area contributed by atoms with E-state index in [1.807, 2.05) is 59.5 Å². The highest BCUT2D eigenvalue weighted by Crippen LogP contribution is 2.59. The minimum absolute atomic E-state index is 0.0582. The minimum atomic E-state index is 0.0582. The third-order valence-electron chi connectivity index (χ3n) is 6.90. The Balaban J connectivity index is 1.10. The Bertz CT molecular complexity index is 1070. The lowest BCUT2D eigenvalue weighted by molar-refractivity contribution is -0.123. The molecule has 5 rings (SSSR count). The van der Waals surface area contributed by atoms with Gasteiger partial charge in [0, 0.05) is 55.0 Å². The molecule has 1 unspecified atom stereocenters. The normalized spacial score (nSPS) is 19.0.